The fraction of sp³-hybridized carbons (Fsp3) is 0.850. The molecular weight excluding hydrogens is 332 g/mol. The summed E-state index contributed by atoms with van der Waals surface area (Å²) < 4.78 is 10.8. The van der Waals surface area contributed by atoms with Gasteiger partial charge in [0.1, 0.15) is 0 Å². The molecule has 6 heteroatoms. The zero-order valence-electron chi connectivity index (χ0n) is 16.3. The number of aliphatic hydroxyl groups is 1. The first-order valence-electron chi connectivity index (χ1n) is 10.2. The maximum atomic E-state index is 13.0. The van der Waals surface area contributed by atoms with Crippen molar-refractivity contribution >= 4 is 5.91 Å². The van der Waals surface area contributed by atoms with Crippen molar-refractivity contribution in [2.45, 2.75) is 88.4 Å². The summed E-state index contributed by atoms with van der Waals surface area (Å²) in [5, 5.41) is 15.1. The molecule has 148 valence electrons. The molecule has 1 heterocycles. The molecule has 1 unspecified atom stereocenters. The number of amides is 1. The SMILES string of the molecule is COC1=C(OC)C(O)(CCNC2CCCCC2)N(C2CCCCC2)C1=O. The van der Waals surface area contributed by atoms with Crippen molar-refractivity contribution in [2.24, 2.45) is 0 Å². The number of hydrogen-bond acceptors (Lipinski definition) is 5. The van der Waals surface area contributed by atoms with Gasteiger partial charge in [0.25, 0.3) is 5.91 Å². The lowest BCUT2D eigenvalue weighted by Crippen LogP contribution is -2.55. The summed E-state index contributed by atoms with van der Waals surface area (Å²) in [5.74, 6) is 0.177. The fourth-order valence-corrected chi connectivity index (χ4v) is 4.90. The van der Waals surface area contributed by atoms with E-state index in [-0.39, 0.29) is 23.5 Å². The molecule has 0 radical (unpaired) electrons. The maximum Gasteiger partial charge on any atom is 0.295 e. The van der Waals surface area contributed by atoms with E-state index in [1.165, 1.54) is 52.7 Å². The normalized spacial score (nSPS) is 28.7. The van der Waals surface area contributed by atoms with Gasteiger partial charge in [-0.25, -0.2) is 0 Å². The van der Waals surface area contributed by atoms with E-state index in [1.807, 2.05) is 0 Å². The Hall–Kier alpha value is -1.27. The Bertz CT molecular complexity index is 524. The summed E-state index contributed by atoms with van der Waals surface area (Å²) in [6.07, 6.45) is 11.9. The number of nitrogens with one attached hydrogen (secondary N) is 1. The van der Waals surface area contributed by atoms with E-state index in [2.05, 4.69) is 5.32 Å². The van der Waals surface area contributed by atoms with Crippen molar-refractivity contribution < 1.29 is 19.4 Å². The number of carbonyl (C=O) groups is 1. The highest BCUT2D eigenvalue weighted by Gasteiger charge is 2.55. The van der Waals surface area contributed by atoms with Crippen molar-refractivity contribution in [1.82, 2.24) is 10.2 Å². The van der Waals surface area contributed by atoms with Gasteiger partial charge in [-0.15, -0.1) is 0 Å². The number of nitrogens with zero attached hydrogens (tertiary/aromatic N) is 1. The monoisotopic (exact) mass is 366 g/mol. The van der Waals surface area contributed by atoms with Crippen LogP contribution in [0.2, 0.25) is 0 Å². The molecule has 2 saturated carbocycles. The van der Waals surface area contributed by atoms with Gasteiger partial charge in [0.05, 0.1) is 14.2 Å². The molecule has 1 aliphatic heterocycles. The Labute approximate surface area is 156 Å². The third-order valence-corrected chi connectivity index (χ3v) is 6.24. The minimum atomic E-state index is -1.42. The first-order chi connectivity index (χ1) is 12.6. The highest BCUT2D eigenvalue weighted by atomic mass is 16.5. The van der Waals surface area contributed by atoms with Crippen molar-refractivity contribution in [3.63, 3.8) is 0 Å². The molecule has 0 aromatic heterocycles. The lowest BCUT2D eigenvalue weighted by molar-refractivity contribution is -0.158. The zero-order chi connectivity index (χ0) is 18.6. The molecule has 2 aliphatic carbocycles. The van der Waals surface area contributed by atoms with E-state index in [4.69, 9.17) is 9.47 Å². The van der Waals surface area contributed by atoms with Gasteiger partial charge in [-0.2, -0.15) is 0 Å². The summed E-state index contributed by atoms with van der Waals surface area (Å²) in [6.45, 7) is 0.654. The van der Waals surface area contributed by atoms with Crippen LogP contribution in [0.4, 0.5) is 0 Å². The molecule has 1 amide bonds. The Morgan fingerprint density at radius 2 is 1.65 bits per heavy atom. The number of carbonyl (C=O) groups excluding carboxylic acids is 1. The summed E-state index contributed by atoms with van der Waals surface area (Å²) >= 11 is 0. The lowest BCUT2D eigenvalue weighted by Gasteiger charge is -2.41. The van der Waals surface area contributed by atoms with Crippen LogP contribution >= 0.6 is 0 Å². The first kappa shape index (κ1) is 19.5. The molecule has 1 atom stereocenters. The van der Waals surface area contributed by atoms with Gasteiger partial charge in [0.15, 0.2) is 5.76 Å². The van der Waals surface area contributed by atoms with Gasteiger partial charge in [-0.05, 0) is 25.7 Å². The van der Waals surface area contributed by atoms with Crippen LogP contribution in [0.3, 0.4) is 0 Å². The van der Waals surface area contributed by atoms with E-state index in [1.54, 1.807) is 4.90 Å². The van der Waals surface area contributed by atoms with Crippen LogP contribution in [-0.4, -0.2) is 54.5 Å². The van der Waals surface area contributed by atoms with Crippen molar-refractivity contribution in [3.8, 4) is 0 Å². The molecule has 0 aromatic carbocycles. The molecule has 0 saturated heterocycles. The summed E-state index contributed by atoms with van der Waals surface area (Å²) in [7, 11) is 2.98. The van der Waals surface area contributed by atoms with Crippen LogP contribution in [0, 0.1) is 0 Å². The smallest absolute Gasteiger partial charge is 0.295 e. The molecule has 3 rings (SSSR count). The van der Waals surface area contributed by atoms with E-state index >= 15 is 0 Å². The minimum absolute atomic E-state index is 0.0498. The molecule has 0 bridgehead atoms. The number of ether oxygens (including phenoxy) is 2. The molecule has 0 aromatic rings. The van der Waals surface area contributed by atoms with Gasteiger partial charge in [0.2, 0.25) is 11.5 Å². The van der Waals surface area contributed by atoms with Crippen molar-refractivity contribution in [1.29, 1.82) is 0 Å². The van der Waals surface area contributed by atoms with E-state index in [0.29, 0.717) is 19.0 Å². The van der Waals surface area contributed by atoms with Gasteiger partial charge in [-0.1, -0.05) is 38.5 Å². The van der Waals surface area contributed by atoms with Crippen LogP contribution in [0.5, 0.6) is 0 Å². The lowest BCUT2D eigenvalue weighted by atomic mass is 9.92. The Morgan fingerprint density at radius 3 is 2.23 bits per heavy atom. The molecule has 26 heavy (non-hydrogen) atoms. The van der Waals surface area contributed by atoms with Crippen LogP contribution in [0.1, 0.15) is 70.6 Å². The average Bonchev–Trinajstić information content (AvgIpc) is 2.89. The summed E-state index contributed by atoms with van der Waals surface area (Å²) in [6, 6.07) is 0.568. The van der Waals surface area contributed by atoms with Crippen LogP contribution < -0.4 is 5.32 Å². The highest BCUT2D eigenvalue weighted by Crippen LogP contribution is 2.41. The average molecular weight is 367 g/mol. The van der Waals surface area contributed by atoms with E-state index in [0.717, 1.165) is 25.7 Å². The second-order valence-corrected chi connectivity index (χ2v) is 7.89. The Balaban J connectivity index is 1.75. The van der Waals surface area contributed by atoms with Crippen LogP contribution in [-0.2, 0) is 14.3 Å². The van der Waals surface area contributed by atoms with Gasteiger partial charge >= 0.3 is 0 Å². The third kappa shape index (κ3) is 3.72. The number of rotatable bonds is 7. The molecule has 6 nitrogen and oxygen atoms in total. The predicted octanol–water partition coefficient (Wildman–Crippen LogP) is 2.67. The zero-order valence-corrected chi connectivity index (χ0v) is 16.3. The van der Waals surface area contributed by atoms with E-state index in [9.17, 15) is 9.90 Å². The summed E-state index contributed by atoms with van der Waals surface area (Å²) in [4.78, 5) is 14.6. The van der Waals surface area contributed by atoms with E-state index < -0.39 is 5.72 Å². The number of methoxy groups -OCH3 is 2. The standard InChI is InChI=1S/C20H34N2O4/c1-25-17-18(26-2)20(24,13-14-21-15-9-5-3-6-10-15)22(19(17)23)16-11-7-4-8-12-16/h15-16,21,24H,3-14H2,1-2H3. The maximum absolute atomic E-state index is 13.0. The van der Waals surface area contributed by atoms with Crippen LogP contribution in [0.15, 0.2) is 11.5 Å². The van der Waals surface area contributed by atoms with Crippen molar-refractivity contribution in [2.75, 3.05) is 20.8 Å². The second kappa shape index (κ2) is 8.61. The molecule has 2 N–H and O–H groups in total. The quantitative estimate of drug-likeness (QED) is 0.725. The Kier molecular flexibility index (Phi) is 6.46. The van der Waals surface area contributed by atoms with Crippen LogP contribution in [0.25, 0.3) is 0 Å². The molecule has 0 spiro atoms. The Morgan fingerprint density at radius 1 is 1.04 bits per heavy atom. The highest BCUT2D eigenvalue weighted by molar-refractivity contribution is 5.96. The van der Waals surface area contributed by atoms with Gasteiger partial charge in [0, 0.05) is 25.0 Å². The third-order valence-electron chi connectivity index (χ3n) is 6.24. The minimum Gasteiger partial charge on any atom is -0.492 e. The first-order valence-corrected chi connectivity index (χ1v) is 10.2. The fourth-order valence-electron chi connectivity index (χ4n) is 4.90. The molecule has 3 aliphatic rings. The molecule has 2 fully saturated rings. The summed E-state index contributed by atoms with van der Waals surface area (Å²) in [5.41, 5.74) is -1.42. The molecular formula is C20H34N2O4. The topological polar surface area (TPSA) is 71.0 Å². The number of hydrogen-bond donors (Lipinski definition) is 2. The predicted molar refractivity (Wildman–Crippen MR) is 99.2 cm³/mol. The van der Waals surface area contributed by atoms with Gasteiger partial charge in [-0.3, -0.25) is 9.69 Å². The van der Waals surface area contributed by atoms with Gasteiger partial charge < -0.3 is 19.9 Å². The van der Waals surface area contributed by atoms with Crippen molar-refractivity contribution in [3.05, 3.63) is 11.5 Å². The second-order valence-electron chi connectivity index (χ2n) is 7.89. The largest absolute Gasteiger partial charge is 0.492 e.